The van der Waals surface area contributed by atoms with Gasteiger partial charge in [-0.2, -0.15) is 0 Å². The molecule has 2 aromatic rings. The third-order valence-electron chi connectivity index (χ3n) is 2.25. The molecule has 2 amide bonds. The summed E-state index contributed by atoms with van der Waals surface area (Å²) in [5.74, 6) is 0. The van der Waals surface area contributed by atoms with E-state index in [1.54, 1.807) is 17.0 Å². The van der Waals surface area contributed by atoms with Gasteiger partial charge in [0.25, 0.3) is 0 Å². The van der Waals surface area contributed by atoms with Crippen molar-refractivity contribution in [3.8, 4) is 5.69 Å². The van der Waals surface area contributed by atoms with Crippen LogP contribution < -0.4 is 10.6 Å². The highest BCUT2D eigenvalue weighted by Gasteiger charge is 2.04. The Bertz CT molecular complexity index is 554. The quantitative estimate of drug-likeness (QED) is 0.738. The molecule has 2 rings (SSSR count). The van der Waals surface area contributed by atoms with Crippen molar-refractivity contribution in [2.75, 3.05) is 11.9 Å². The lowest BCUT2D eigenvalue weighted by molar-refractivity contribution is 0.252. The summed E-state index contributed by atoms with van der Waals surface area (Å²) in [6, 6.07) is 7.11. The first-order valence-corrected chi connectivity index (χ1v) is 5.89. The lowest BCUT2D eigenvalue weighted by Gasteiger charge is -2.08. The second kappa shape index (κ2) is 5.54. The van der Waals surface area contributed by atoms with E-state index in [1.807, 2.05) is 25.1 Å². The van der Waals surface area contributed by atoms with Gasteiger partial charge in [-0.05, 0) is 25.1 Å². The summed E-state index contributed by atoms with van der Waals surface area (Å²) in [7, 11) is 0. The van der Waals surface area contributed by atoms with Crippen molar-refractivity contribution in [1.82, 2.24) is 20.1 Å². The van der Waals surface area contributed by atoms with E-state index in [0.29, 0.717) is 17.4 Å². The number of anilines is 1. The van der Waals surface area contributed by atoms with Crippen molar-refractivity contribution in [1.29, 1.82) is 0 Å². The number of urea groups is 1. The highest BCUT2D eigenvalue weighted by molar-refractivity contribution is 7.80. The molecule has 0 saturated carbocycles. The minimum absolute atomic E-state index is 0.232. The first kappa shape index (κ1) is 12.4. The Hall–Kier alpha value is -2.02. The number of benzene rings is 1. The van der Waals surface area contributed by atoms with Crippen LogP contribution in [0, 0.1) is 0 Å². The fourth-order valence-corrected chi connectivity index (χ4v) is 1.70. The number of carbonyl (C=O) groups is 1. The molecule has 0 aliphatic rings. The highest BCUT2D eigenvalue weighted by Crippen LogP contribution is 2.16. The molecular formula is C11H13N5OS. The molecule has 2 N–H and O–H groups in total. The van der Waals surface area contributed by atoms with Crippen molar-refractivity contribution < 1.29 is 4.79 Å². The molecule has 0 fully saturated rings. The van der Waals surface area contributed by atoms with Gasteiger partial charge in [-0.15, -0.1) is 22.8 Å². The summed E-state index contributed by atoms with van der Waals surface area (Å²) < 4.78 is 1.71. The zero-order valence-electron chi connectivity index (χ0n) is 9.79. The fourth-order valence-electron chi connectivity index (χ4n) is 1.48. The molecule has 0 unspecified atom stereocenters. The standard InChI is InChI=1S/C11H13N5OS/c1-2-12-10(17)14-8-4-3-5-9(6-8)16-7-13-15-11(16)18/h3-7H,2H2,1H3,(H,15,18)(H2,12,14,17). The maximum absolute atomic E-state index is 11.4. The molecule has 1 heterocycles. The van der Waals surface area contributed by atoms with Gasteiger partial charge in [-0.1, -0.05) is 6.07 Å². The summed E-state index contributed by atoms with van der Waals surface area (Å²) in [5, 5.41) is 13.4. The van der Waals surface area contributed by atoms with Crippen LogP contribution in [0.2, 0.25) is 0 Å². The molecule has 0 atom stereocenters. The Balaban J connectivity index is 2.20. The lowest BCUT2D eigenvalue weighted by atomic mass is 10.3. The van der Waals surface area contributed by atoms with Gasteiger partial charge in [0.2, 0.25) is 0 Å². The third-order valence-corrected chi connectivity index (χ3v) is 2.55. The van der Waals surface area contributed by atoms with Crippen LogP contribution >= 0.6 is 12.6 Å². The van der Waals surface area contributed by atoms with Crippen molar-refractivity contribution in [3.63, 3.8) is 0 Å². The van der Waals surface area contributed by atoms with Crippen LogP contribution in [0.4, 0.5) is 10.5 Å². The normalized spacial score (nSPS) is 10.1. The number of nitrogens with zero attached hydrogens (tertiary/aromatic N) is 3. The minimum Gasteiger partial charge on any atom is -0.338 e. The molecule has 0 radical (unpaired) electrons. The number of hydrogen-bond donors (Lipinski definition) is 3. The number of thiol groups is 1. The van der Waals surface area contributed by atoms with E-state index in [2.05, 4.69) is 33.5 Å². The number of aromatic nitrogens is 3. The molecule has 1 aromatic carbocycles. The van der Waals surface area contributed by atoms with Gasteiger partial charge in [0.15, 0.2) is 5.16 Å². The van der Waals surface area contributed by atoms with E-state index in [0.717, 1.165) is 5.69 Å². The number of rotatable bonds is 3. The van der Waals surface area contributed by atoms with Crippen LogP contribution in [0.1, 0.15) is 6.92 Å². The Kier molecular flexibility index (Phi) is 3.83. The zero-order chi connectivity index (χ0) is 13.0. The maximum atomic E-state index is 11.4. The second-order valence-electron chi connectivity index (χ2n) is 3.54. The predicted octanol–water partition coefficient (Wildman–Crippen LogP) is 1.70. The van der Waals surface area contributed by atoms with E-state index >= 15 is 0 Å². The summed E-state index contributed by atoms with van der Waals surface area (Å²) in [4.78, 5) is 11.4. The largest absolute Gasteiger partial charge is 0.338 e. The average molecular weight is 263 g/mol. The fraction of sp³-hybridized carbons (Fsp3) is 0.182. The number of carbonyl (C=O) groups excluding carboxylic acids is 1. The van der Waals surface area contributed by atoms with E-state index in [1.165, 1.54) is 0 Å². The topological polar surface area (TPSA) is 71.8 Å². The summed E-state index contributed by atoms with van der Waals surface area (Å²) in [6.07, 6.45) is 1.56. The van der Waals surface area contributed by atoms with Gasteiger partial charge in [0.1, 0.15) is 6.33 Å². The highest BCUT2D eigenvalue weighted by atomic mass is 32.1. The minimum atomic E-state index is -0.232. The Morgan fingerprint density at radius 3 is 3.00 bits per heavy atom. The van der Waals surface area contributed by atoms with E-state index in [-0.39, 0.29) is 6.03 Å². The van der Waals surface area contributed by atoms with Crippen LogP contribution in [0.5, 0.6) is 0 Å². The molecule has 0 saturated heterocycles. The molecule has 18 heavy (non-hydrogen) atoms. The van der Waals surface area contributed by atoms with Crippen LogP contribution in [0.15, 0.2) is 35.7 Å². The molecule has 0 aliphatic heterocycles. The zero-order valence-corrected chi connectivity index (χ0v) is 10.7. The molecule has 0 spiro atoms. The number of hydrogen-bond acceptors (Lipinski definition) is 4. The van der Waals surface area contributed by atoms with Gasteiger partial charge >= 0.3 is 6.03 Å². The second-order valence-corrected chi connectivity index (χ2v) is 3.94. The number of amides is 2. The molecule has 6 nitrogen and oxygen atoms in total. The van der Waals surface area contributed by atoms with Crippen LogP contribution in [0.25, 0.3) is 5.69 Å². The third kappa shape index (κ3) is 2.80. The maximum Gasteiger partial charge on any atom is 0.319 e. The predicted molar refractivity (Wildman–Crippen MR) is 71.3 cm³/mol. The number of nitrogens with one attached hydrogen (secondary N) is 2. The van der Waals surface area contributed by atoms with Crippen LogP contribution in [-0.2, 0) is 0 Å². The van der Waals surface area contributed by atoms with Crippen molar-refractivity contribution in [2.24, 2.45) is 0 Å². The summed E-state index contributed by atoms with van der Waals surface area (Å²) in [6.45, 7) is 2.44. The molecule has 7 heteroatoms. The molecule has 94 valence electrons. The Labute approximate surface area is 110 Å². The van der Waals surface area contributed by atoms with Crippen LogP contribution in [-0.4, -0.2) is 27.3 Å². The first-order chi connectivity index (χ1) is 8.70. The smallest absolute Gasteiger partial charge is 0.319 e. The van der Waals surface area contributed by atoms with Gasteiger partial charge < -0.3 is 10.6 Å². The van der Waals surface area contributed by atoms with Gasteiger partial charge in [-0.3, -0.25) is 4.57 Å². The molecule has 1 aromatic heterocycles. The van der Waals surface area contributed by atoms with Crippen molar-refractivity contribution >= 4 is 24.3 Å². The Morgan fingerprint density at radius 1 is 1.50 bits per heavy atom. The van der Waals surface area contributed by atoms with Crippen molar-refractivity contribution in [2.45, 2.75) is 12.1 Å². The van der Waals surface area contributed by atoms with E-state index in [9.17, 15) is 4.79 Å². The van der Waals surface area contributed by atoms with Crippen LogP contribution in [0.3, 0.4) is 0 Å². The summed E-state index contributed by atoms with van der Waals surface area (Å²) in [5.41, 5.74) is 1.53. The molecule has 0 bridgehead atoms. The van der Waals surface area contributed by atoms with Gasteiger partial charge in [0, 0.05) is 12.2 Å². The summed E-state index contributed by atoms with van der Waals surface area (Å²) >= 11 is 4.19. The van der Waals surface area contributed by atoms with Gasteiger partial charge in [0.05, 0.1) is 5.69 Å². The monoisotopic (exact) mass is 263 g/mol. The lowest BCUT2D eigenvalue weighted by Crippen LogP contribution is -2.28. The average Bonchev–Trinajstić information content (AvgIpc) is 2.76. The van der Waals surface area contributed by atoms with Crippen molar-refractivity contribution in [3.05, 3.63) is 30.6 Å². The van der Waals surface area contributed by atoms with Gasteiger partial charge in [-0.25, -0.2) is 4.79 Å². The SMILES string of the molecule is CCNC(=O)Nc1cccc(-n2cnnc2S)c1. The molecular weight excluding hydrogens is 250 g/mol. The Morgan fingerprint density at radius 2 is 2.33 bits per heavy atom. The van der Waals surface area contributed by atoms with E-state index in [4.69, 9.17) is 0 Å². The van der Waals surface area contributed by atoms with E-state index < -0.39 is 0 Å². The first-order valence-electron chi connectivity index (χ1n) is 5.45. The molecule has 0 aliphatic carbocycles.